The van der Waals surface area contributed by atoms with Gasteiger partial charge in [-0.15, -0.1) is 0 Å². The Morgan fingerprint density at radius 3 is 2.29 bits per heavy atom. The van der Waals surface area contributed by atoms with Gasteiger partial charge in [0.2, 0.25) is 0 Å². The maximum atomic E-state index is 6.14. The van der Waals surface area contributed by atoms with Crippen LogP contribution in [0.4, 0.5) is 0 Å². The number of likely N-dealkylation sites (N-methyl/N-ethyl adjacent to an activating group) is 1. The van der Waals surface area contributed by atoms with E-state index in [9.17, 15) is 0 Å². The number of nitrogens with one attached hydrogen (secondary N) is 1. The van der Waals surface area contributed by atoms with Crippen LogP contribution in [-0.4, -0.2) is 25.8 Å². The van der Waals surface area contributed by atoms with Crippen molar-refractivity contribution < 1.29 is 4.74 Å². The molecule has 0 amide bonds. The first kappa shape index (κ1) is 14.8. The van der Waals surface area contributed by atoms with E-state index in [0.29, 0.717) is 16.7 Å². The first-order valence-corrected chi connectivity index (χ1v) is 6.52. The number of benzene rings is 1. The van der Waals surface area contributed by atoms with Gasteiger partial charge in [-0.3, -0.25) is 0 Å². The van der Waals surface area contributed by atoms with Crippen molar-refractivity contribution in [2.75, 3.05) is 13.7 Å². The fourth-order valence-corrected chi connectivity index (χ4v) is 2.08. The summed E-state index contributed by atoms with van der Waals surface area (Å²) >= 11 is 12.3. The monoisotopic (exact) mass is 275 g/mol. The molecule has 1 atom stereocenters. The highest BCUT2D eigenvalue weighted by Crippen LogP contribution is 2.25. The lowest BCUT2D eigenvalue weighted by Gasteiger charge is -2.19. The van der Waals surface area contributed by atoms with Crippen molar-refractivity contribution in [3.05, 3.63) is 33.8 Å². The summed E-state index contributed by atoms with van der Waals surface area (Å²) in [7, 11) is 1.92. The van der Waals surface area contributed by atoms with Crippen LogP contribution in [0.15, 0.2) is 18.2 Å². The van der Waals surface area contributed by atoms with Crippen LogP contribution in [0.25, 0.3) is 0 Å². The number of halogens is 2. The molecular weight excluding hydrogens is 257 g/mol. The molecule has 0 bridgehead atoms. The highest BCUT2D eigenvalue weighted by molar-refractivity contribution is 6.35. The molecule has 17 heavy (non-hydrogen) atoms. The van der Waals surface area contributed by atoms with E-state index in [4.69, 9.17) is 27.9 Å². The molecule has 0 aliphatic carbocycles. The Morgan fingerprint density at radius 2 is 1.82 bits per heavy atom. The van der Waals surface area contributed by atoms with Crippen LogP contribution in [0.1, 0.15) is 19.4 Å². The number of ether oxygens (including phenoxy) is 1. The van der Waals surface area contributed by atoms with Crippen molar-refractivity contribution in [1.82, 2.24) is 5.32 Å². The molecule has 1 aromatic carbocycles. The SMILES string of the molecule is CNC(COC(C)C)Cc1c(Cl)cccc1Cl. The third-order valence-electron chi connectivity index (χ3n) is 2.55. The molecule has 96 valence electrons. The van der Waals surface area contributed by atoms with Crippen LogP contribution in [0.3, 0.4) is 0 Å². The number of rotatable bonds is 6. The third-order valence-corrected chi connectivity index (χ3v) is 3.26. The van der Waals surface area contributed by atoms with Gasteiger partial charge in [0, 0.05) is 16.1 Å². The minimum absolute atomic E-state index is 0.217. The van der Waals surface area contributed by atoms with E-state index < -0.39 is 0 Å². The number of hydrogen-bond donors (Lipinski definition) is 1. The molecule has 1 unspecified atom stereocenters. The molecule has 0 fully saturated rings. The van der Waals surface area contributed by atoms with Crippen molar-refractivity contribution in [1.29, 1.82) is 0 Å². The van der Waals surface area contributed by atoms with Crippen LogP contribution in [0.2, 0.25) is 10.0 Å². The van der Waals surface area contributed by atoms with Crippen LogP contribution >= 0.6 is 23.2 Å². The average molecular weight is 276 g/mol. The third kappa shape index (κ3) is 4.84. The second kappa shape index (κ2) is 7.22. The van der Waals surface area contributed by atoms with Crippen molar-refractivity contribution in [3.8, 4) is 0 Å². The fourth-order valence-electron chi connectivity index (χ4n) is 1.53. The van der Waals surface area contributed by atoms with Crippen LogP contribution in [0.5, 0.6) is 0 Å². The lowest BCUT2D eigenvalue weighted by atomic mass is 10.1. The Kier molecular flexibility index (Phi) is 6.28. The maximum Gasteiger partial charge on any atom is 0.0626 e. The van der Waals surface area contributed by atoms with Gasteiger partial charge in [0.15, 0.2) is 0 Å². The largest absolute Gasteiger partial charge is 0.377 e. The number of hydrogen-bond acceptors (Lipinski definition) is 2. The molecule has 0 radical (unpaired) electrons. The van der Waals surface area contributed by atoms with E-state index in [1.807, 2.05) is 39.1 Å². The first-order chi connectivity index (χ1) is 8.04. The van der Waals surface area contributed by atoms with Crippen molar-refractivity contribution in [2.45, 2.75) is 32.4 Å². The Balaban J connectivity index is 2.67. The molecule has 2 nitrogen and oxygen atoms in total. The van der Waals surface area contributed by atoms with E-state index in [-0.39, 0.29) is 12.1 Å². The predicted octanol–water partition coefficient (Wildman–Crippen LogP) is 3.55. The molecule has 0 aromatic heterocycles. The van der Waals surface area contributed by atoms with E-state index >= 15 is 0 Å². The average Bonchev–Trinajstić information content (AvgIpc) is 2.27. The molecule has 1 aromatic rings. The summed E-state index contributed by atoms with van der Waals surface area (Å²) in [5, 5.41) is 4.64. The quantitative estimate of drug-likeness (QED) is 0.858. The summed E-state index contributed by atoms with van der Waals surface area (Å²) in [6, 6.07) is 5.79. The molecule has 1 rings (SSSR count). The molecule has 0 saturated heterocycles. The van der Waals surface area contributed by atoms with E-state index in [0.717, 1.165) is 12.0 Å². The Morgan fingerprint density at radius 1 is 1.24 bits per heavy atom. The normalized spacial score (nSPS) is 13.1. The minimum atomic E-state index is 0.217. The topological polar surface area (TPSA) is 21.3 Å². The van der Waals surface area contributed by atoms with E-state index in [2.05, 4.69) is 5.32 Å². The highest BCUT2D eigenvalue weighted by Gasteiger charge is 2.13. The van der Waals surface area contributed by atoms with Gasteiger partial charge >= 0.3 is 0 Å². The molecule has 0 saturated carbocycles. The zero-order valence-corrected chi connectivity index (χ0v) is 12.0. The Labute approximate surface area is 113 Å². The molecule has 1 N–H and O–H groups in total. The molecule has 0 heterocycles. The van der Waals surface area contributed by atoms with Gasteiger partial charge < -0.3 is 10.1 Å². The van der Waals surface area contributed by atoms with Crippen LogP contribution in [-0.2, 0) is 11.2 Å². The van der Waals surface area contributed by atoms with Gasteiger partial charge in [-0.25, -0.2) is 0 Å². The summed E-state index contributed by atoms with van der Waals surface area (Å²) in [4.78, 5) is 0. The van der Waals surface area contributed by atoms with E-state index in [1.165, 1.54) is 0 Å². The summed E-state index contributed by atoms with van der Waals surface area (Å²) in [5.74, 6) is 0. The van der Waals surface area contributed by atoms with Gasteiger partial charge in [0.05, 0.1) is 12.7 Å². The van der Waals surface area contributed by atoms with Crippen LogP contribution in [0, 0.1) is 0 Å². The highest BCUT2D eigenvalue weighted by atomic mass is 35.5. The molecule has 0 aliphatic rings. The molecular formula is C13H19Cl2NO. The zero-order valence-electron chi connectivity index (χ0n) is 10.5. The van der Waals surface area contributed by atoms with Gasteiger partial charge in [0.25, 0.3) is 0 Å². The summed E-state index contributed by atoms with van der Waals surface area (Å²) < 4.78 is 5.60. The fraction of sp³-hybridized carbons (Fsp3) is 0.538. The zero-order chi connectivity index (χ0) is 12.8. The summed E-state index contributed by atoms with van der Waals surface area (Å²) in [6.45, 7) is 4.69. The molecule has 0 aliphatic heterocycles. The molecule has 4 heteroatoms. The van der Waals surface area contributed by atoms with Crippen molar-refractivity contribution in [2.24, 2.45) is 0 Å². The molecule has 0 spiro atoms. The van der Waals surface area contributed by atoms with Gasteiger partial charge in [-0.05, 0) is 45.0 Å². The van der Waals surface area contributed by atoms with E-state index in [1.54, 1.807) is 0 Å². The lowest BCUT2D eigenvalue weighted by Crippen LogP contribution is -2.33. The second-order valence-corrected chi connectivity index (χ2v) is 5.09. The second-order valence-electron chi connectivity index (χ2n) is 4.27. The van der Waals surface area contributed by atoms with Gasteiger partial charge in [0.1, 0.15) is 0 Å². The predicted molar refractivity (Wildman–Crippen MR) is 74.1 cm³/mol. The van der Waals surface area contributed by atoms with Gasteiger partial charge in [-0.2, -0.15) is 0 Å². The Hall–Kier alpha value is -0.280. The maximum absolute atomic E-state index is 6.14. The van der Waals surface area contributed by atoms with Crippen molar-refractivity contribution in [3.63, 3.8) is 0 Å². The van der Waals surface area contributed by atoms with Crippen LogP contribution < -0.4 is 5.32 Å². The summed E-state index contributed by atoms with van der Waals surface area (Å²) in [6.07, 6.45) is 0.995. The standard InChI is InChI=1S/C13H19Cl2NO/c1-9(2)17-8-10(16-3)7-11-12(14)5-4-6-13(11)15/h4-6,9-10,16H,7-8H2,1-3H3. The van der Waals surface area contributed by atoms with Crippen molar-refractivity contribution >= 4 is 23.2 Å². The summed E-state index contributed by atoms with van der Waals surface area (Å²) in [5.41, 5.74) is 0.975. The first-order valence-electron chi connectivity index (χ1n) is 5.76. The smallest absolute Gasteiger partial charge is 0.0626 e. The lowest BCUT2D eigenvalue weighted by molar-refractivity contribution is 0.0628. The minimum Gasteiger partial charge on any atom is -0.377 e. The van der Waals surface area contributed by atoms with Gasteiger partial charge in [-0.1, -0.05) is 29.3 Å². The Bertz CT molecular complexity index is 335.